The molecular weight excluding hydrogens is 238 g/mol. The minimum Gasteiger partial charge on any atom is -0.507 e. The van der Waals surface area contributed by atoms with Gasteiger partial charge < -0.3 is 9.52 Å². The third-order valence-electron chi connectivity index (χ3n) is 3.00. The Bertz CT molecular complexity index is 715. The van der Waals surface area contributed by atoms with Gasteiger partial charge in [-0.15, -0.1) is 0 Å². The van der Waals surface area contributed by atoms with E-state index in [1.807, 2.05) is 42.5 Å². The Hall–Kier alpha value is -2.55. The second kappa shape index (κ2) is 4.98. The van der Waals surface area contributed by atoms with Crippen LogP contribution in [0.15, 0.2) is 64.2 Å². The summed E-state index contributed by atoms with van der Waals surface area (Å²) in [7, 11) is 0. The lowest BCUT2D eigenvalue weighted by Gasteiger charge is -2.04. The summed E-state index contributed by atoms with van der Waals surface area (Å²) >= 11 is 0. The largest absolute Gasteiger partial charge is 0.507 e. The van der Waals surface area contributed by atoms with Crippen molar-refractivity contribution in [3.8, 4) is 5.75 Å². The molecule has 2 aromatic carbocycles. The summed E-state index contributed by atoms with van der Waals surface area (Å²) in [5.41, 5.74) is 0.740. The summed E-state index contributed by atoms with van der Waals surface area (Å²) in [5.74, 6) is 1.04. The maximum Gasteiger partial charge on any atom is 0.125 e. The van der Waals surface area contributed by atoms with Gasteiger partial charge >= 0.3 is 0 Å². The van der Waals surface area contributed by atoms with E-state index in [-0.39, 0.29) is 5.75 Å². The Kier molecular flexibility index (Phi) is 3.02. The van der Waals surface area contributed by atoms with Gasteiger partial charge in [0.15, 0.2) is 0 Å². The van der Waals surface area contributed by atoms with Crippen LogP contribution in [0.1, 0.15) is 11.3 Å². The fraction of sp³-hybridized carbons (Fsp3) is 0.0625. The average molecular weight is 251 g/mol. The van der Waals surface area contributed by atoms with Gasteiger partial charge in [-0.1, -0.05) is 30.3 Å². The molecule has 94 valence electrons. The number of phenols is 1. The quantitative estimate of drug-likeness (QED) is 0.720. The predicted molar refractivity (Wildman–Crippen MR) is 75.6 cm³/mol. The molecule has 3 aromatic rings. The third-order valence-corrected chi connectivity index (χ3v) is 3.00. The Morgan fingerprint density at radius 2 is 1.95 bits per heavy atom. The highest BCUT2D eigenvalue weighted by Crippen LogP contribution is 2.25. The molecule has 3 rings (SSSR count). The first kappa shape index (κ1) is 11.5. The van der Waals surface area contributed by atoms with E-state index >= 15 is 0 Å². The summed E-state index contributed by atoms with van der Waals surface area (Å²) in [6, 6.07) is 15.2. The van der Waals surface area contributed by atoms with E-state index in [2.05, 4.69) is 4.99 Å². The highest BCUT2D eigenvalue weighted by atomic mass is 16.3. The maximum absolute atomic E-state index is 9.95. The fourth-order valence-corrected chi connectivity index (χ4v) is 2.05. The van der Waals surface area contributed by atoms with Crippen molar-refractivity contribution in [2.24, 2.45) is 4.99 Å². The Labute approximate surface area is 110 Å². The fourth-order valence-electron chi connectivity index (χ4n) is 2.05. The van der Waals surface area contributed by atoms with E-state index < -0.39 is 0 Å². The molecule has 0 aliphatic carbocycles. The van der Waals surface area contributed by atoms with Gasteiger partial charge in [-0.25, -0.2) is 0 Å². The molecule has 1 aromatic heterocycles. The van der Waals surface area contributed by atoms with E-state index in [4.69, 9.17) is 4.42 Å². The number of hydrogen-bond donors (Lipinski definition) is 1. The lowest BCUT2D eigenvalue weighted by atomic mass is 10.0. The van der Waals surface area contributed by atoms with Gasteiger partial charge in [0.2, 0.25) is 0 Å². The standard InChI is InChI=1S/C16H13NO2/c18-16-8-7-12-4-1-2-6-14(12)15(16)11-17-10-13-5-3-9-19-13/h1-9,11,18H,10H2. The Morgan fingerprint density at radius 1 is 1.05 bits per heavy atom. The summed E-state index contributed by atoms with van der Waals surface area (Å²) in [5, 5.41) is 12.0. The number of furan rings is 1. The summed E-state index contributed by atoms with van der Waals surface area (Å²) in [6.45, 7) is 0.468. The first-order chi connectivity index (χ1) is 9.34. The van der Waals surface area contributed by atoms with Crippen molar-refractivity contribution in [3.63, 3.8) is 0 Å². The zero-order valence-electron chi connectivity index (χ0n) is 10.3. The number of benzene rings is 2. The Morgan fingerprint density at radius 3 is 2.79 bits per heavy atom. The van der Waals surface area contributed by atoms with Crippen molar-refractivity contribution in [1.82, 2.24) is 0 Å². The molecular formula is C16H13NO2. The molecule has 3 heteroatoms. The Balaban J connectivity index is 1.95. The summed E-state index contributed by atoms with van der Waals surface area (Å²) in [4.78, 5) is 4.32. The SMILES string of the molecule is Oc1ccc2ccccc2c1C=NCc1ccco1. The minimum absolute atomic E-state index is 0.238. The molecule has 19 heavy (non-hydrogen) atoms. The van der Waals surface area contributed by atoms with Crippen molar-refractivity contribution in [2.75, 3.05) is 0 Å². The van der Waals surface area contributed by atoms with E-state index in [1.165, 1.54) is 0 Å². The smallest absolute Gasteiger partial charge is 0.125 e. The number of aromatic hydroxyl groups is 1. The van der Waals surface area contributed by atoms with Crippen LogP contribution in [-0.2, 0) is 6.54 Å². The van der Waals surface area contributed by atoms with Gasteiger partial charge in [0.1, 0.15) is 11.5 Å². The van der Waals surface area contributed by atoms with E-state index in [0.29, 0.717) is 6.54 Å². The number of phenolic OH excluding ortho intramolecular Hbond substituents is 1. The molecule has 0 unspecified atom stereocenters. The van der Waals surface area contributed by atoms with Crippen LogP contribution in [0.4, 0.5) is 0 Å². The molecule has 0 bridgehead atoms. The van der Waals surface area contributed by atoms with Gasteiger partial charge in [-0.05, 0) is 29.0 Å². The molecule has 1 heterocycles. The molecule has 0 fully saturated rings. The number of hydrogen-bond acceptors (Lipinski definition) is 3. The molecule has 0 aliphatic rings. The summed E-state index contributed by atoms with van der Waals surface area (Å²) in [6.07, 6.45) is 3.32. The molecule has 0 spiro atoms. The maximum atomic E-state index is 9.95. The highest BCUT2D eigenvalue weighted by molar-refractivity contribution is 6.02. The monoisotopic (exact) mass is 251 g/mol. The molecule has 0 aliphatic heterocycles. The second-order valence-electron chi connectivity index (χ2n) is 4.27. The van der Waals surface area contributed by atoms with E-state index in [0.717, 1.165) is 22.1 Å². The minimum atomic E-state index is 0.238. The van der Waals surface area contributed by atoms with Crippen molar-refractivity contribution < 1.29 is 9.52 Å². The van der Waals surface area contributed by atoms with E-state index in [1.54, 1.807) is 18.5 Å². The van der Waals surface area contributed by atoms with Crippen molar-refractivity contribution in [2.45, 2.75) is 6.54 Å². The zero-order valence-corrected chi connectivity index (χ0v) is 10.3. The van der Waals surface area contributed by atoms with Crippen LogP contribution in [0.2, 0.25) is 0 Å². The van der Waals surface area contributed by atoms with E-state index in [9.17, 15) is 5.11 Å². The first-order valence-electron chi connectivity index (χ1n) is 6.07. The highest BCUT2D eigenvalue weighted by Gasteiger charge is 2.03. The lowest BCUT2D eigenvalue weighted by Crippen LogP contribution is -1.87. The van der Waals surface area contributed by atoms with Crippen LogP contribution in [0, 0.1) is 0 Å². The van der Waals surface area contributed by atoms with Crippen LogP contribution in [0.5, 0.6) is 5.75 Å². The summed E-state index contributed by atoms with van der Waals surface area (Å²) < 4.78 is 5.21. The van der Waals surface area contributed by atoms with Crippen LogP contribution < -0.4 is 0 Å². The molecule has 0 atom stereocenters. The second-order valence-corrected chi connectivity index (χ2v) is 4.27. The predicted octanol–water partition coefficient (Wildman–Crippen LogP) is 3.76. The third kappa shape index (κ3) is 2.36. The van der Waals surface area contributed by atoms with Gasteiger partial charge in [0.25, 0.3) is 0 Å². The topological polar surface area (TPSA) is 45.7 Å². The number of nitrogens with zero attached hydrogens (tertiary/aromatic N) is 1. The van der Waals surface area contributed by atoms with Gasteiger partial charge in [-0.2, -0.15) is 0 Å². The van der Waals surface area contributed by atoms with Gasteiger partial charge in [0, 0.05) is 11.8 Å². The average Bonchev–Trinajstić information content (AvgIpc) is 2.94. The molecule has 0 saturated carbocycles. The van der Waals surface area contributed by atoms with Crippen molar-refractivity contribution in [3.05, 3.63) is 66.1 Å². The molecule has 0 radical (unpaired) electrons. The number of fused-ring (bicyclic) bond motifs is 1. The van der Waals surface area contributed by atoms with Crippen LogP contribution >= 0.6 is 0 Å². The molecule has 0 amide bonds. The lowest BCUT2D eigenvalue weighted by molar-refractivity contribution is 0.475. The number of aliphatic imine (C=N–C) groups is 1. The van der Waals surface area contributed by atoms with Crippen LogP contribution in [-0.4, -0.2) is 11.3 Å². The zero-order chi connectivity index (χ0) is 13.1. The first-order valence-corrected chi connectivity index (χ1v) is 6.07. The normalized spacial score (nSPS) is 11.4. The molecule has 0 saturated heterocycles. The number of rotatable bonds is 3. The van der Waals surface area contributed by atoms with Crippen LogP contribution in [0.25, 0.3) is 10.8 Å². The van der Waals surface area contributed by atoms with Crippen LogP contribution in [0.3, 0.4) is 0 Å². The molecule has 3 nitrogen and oxygen atoms in total. The van der Waals surface area contributed by atoms with Crippen molar-refractivity contribution in [1.29, 1.82) is 0 Å². The molecule has 1 N–H and O–H groups in total. The van der Waals surface area contributed by atoms with Gasteiger partial charge in [-0.3, -0.25) is 4.99 Å². The van der Waals surface area contributed by atoms with Crippen molar-refractivity contribution >= 4 is 17.0 Å². The van der Waals surface area contributed by atoms with Gasteiger partial charge in [0.05, 0.1) is 12.8 Å².